The molecule has 0 saturated heterocycles. The van der Waals surface area contributed by atoms with E-state index in [0.29, 0.717) is 16.9 Å². The number of para-hydroxylation sites is 1. The van der Waals surface area contributed by atoms with Crippen LogP contribution in [0, 0.1) is 17.3 Å². The summed E-state index contributed by atoms with van der Waals surface area (Å²) < 4.78 is 1.93. The van der Waals surface area contributed by atoms with Gasteiger partial charge in [-0.25, -0.2) is 5.43 Å². The number of carbonyl (C=O) groups is 1. The van der Waals surface area contributed by atoms with Gasteiger partial charge in [0.05, 0.1) is 17.5 Å². The van der Waals surface area contributed by atoms with Crippen molar-refractivity contribution in [1.29, 1.82) is 0 Å². The number of benzene rings is 1. The molecule has 1 heterocycles. The molecular formula is C21H23N3O. The van der Waals surface area contributed by atoms with Crippen LogP contribution in [-0.4, -0.2) is 16.7 Å². The van der Waals surface area contributed by atoms with Gasteiger partial charge in [-0.15, -0.1) is 0 Å². The Balaban J connectivity index is 1.48. The fraction of sp³-hybridized carbons (Fsp3) is 0.333. The summed E-state index contributed by atoms with van der Waals surface area (Å²) in [5, 5.41) is 4.23. The summed E-state index contributed by atoms with van der Waals surface area (Å²) in [7, 11) is 0. The minimum Gasteiger partial charge on any atom is -0.323 e. The third-order valence-corrected chi connectivity index (χ3v) is 5.92. The van der Waals surface area contributed by atoms with E-state index in [1.807, 2.05) is 59.6 Å². The number of hydrogen-bond donors (Lipinski definition) is 1. The van der Waals surface area contributed by atoms with Gasteiger partial charge in [0.25, 0.3) is 5.91 Å². The molecule has 0 radical (unpaired) electrons. The van der Waals surface area contributed by atoms with E-state index in [2.05, 4.69) is 30.5 Å². The number of hydrazone groups is 1. The summed E-state index contributed by atoms with van der Waals surface area (Å²) >= 11 is 0. The average molecular weight is 333 g/mol. The predicted octanol–water partition coefficient (Wildman–Crippen LogP) is 4.19. The monoisotopic (exact) mass is 333 g/mol. The van der Waals surface area contributed by atoms with E-state index in [4.69, 9.17) is 0 Å². The number of aromatic nitrogens is 1. The summed E-state index contributed by atoms with van der Waals surface area (Å²) in [5.41, 5.74) is 5.76. The highest BCUT2D eigenvalue weighted by Gasteiger charge is 2.50. The van der Waals surface area contributed by atoms with Crippen LogP contribution in [0.2, 0.25) is 0 Å². The fourth-order valence-corrected chi connectivity index (χ4v) is 4.16. The lowest BCUT2D eigenvalue weighted by Gasteiger charge is -2.55. The molecule has 2 aromatic rings. The fourth-order valence-electron chi connectivity index (χ4n) is 4.16. The van der Waals surface area contributed by atoms with Crippen LogP contribution in [0.1, 0.15) is 37.0 Å². The Bertz CT molecular complexity index is 846. The molecule has 1 fully saturated rings. The van der Waals surface area contributed by atoms with Crippen molar-refractivity contribution < 1.29 is 4.79 Å². The van der Waals surface area contributed by atoms with Crippen LogP contribution >= 0.6 is 0 Å². The highest BCUT2D eigenvalue weighted by Crippen LogP contribution is 2.58. The number of hydrogen-bond acceptors (Lipinski definition) is 2. The second kappa shape index (κ2) is 6.03. The largest absolute Gasteiger partial charge is 0.323 e. The van der Waals surface area contributed by atoms with Crippen molar-refractivity contribution in [2.45, 2.75) is 26.7 Å². The molecule has 1 amide bonds. The summed E-state index contributed by atoms with van der Waals surface area (Å²) in [6.45, 7) is 4.66. The maximum Gasteiger partial charge on any atom is 0.273 e. The number of amides is 1. The Kier molecular flexibility index (Phi) is 3.83. The lowest BCUT2D eigenvalue weighted by molar-refractivity contribution is -0.00126. The van der Waals surface area contributed by atoms with Crippen LogP contribution in [0.4, 0.5) is 0 Å². The van der Waals surface area contributed by atoms with Gasteiger partial charge in [-0.3, -0.25) is 4.79 Å². The van der Waals surface area contributed by atoms with E-state index >= 15 is 0 Å². The van der Waals surface area contributed by atoms with Crippen molar-refractivity contribution in [3.05, 3.63) is 66.0 Å². The molecule has 0 aliphatic heterocycles. The quantitative estimate of drug-likeness (QED) is 0.662. The Morgan fingerprint density at radius 1 is 1.24 bits per heavy atom. The molecule has 4 nitrogen and oxygen atoms in total. The van der Waals surface area contributed by atoms with E-state index in [9.17, 15) is 4.79 Å². The average Bonchev–Trinajstić information content (AvgIpc) is 3.16. The summed E-state index contributed by atoms with van der Waals surface area (Å²) in [5.74, 6) is 1.18. The summed E-state index contributed by atoms with van der Waals surface area (Å²) in [6.07, 6.45) is 10.3. The van der Waals surface area contributed by atoms with E-state index < -0.39 is 0 Å². The summed E-state index contributed by atoms with van der Waals surface area (Å²) in [6, 6.07) is 11.4. The van der Waals surface area contributed by atoms with Crippen molar-refractivity contribution >= 4 is 12.1 Å². The van der Waals surface area contributed by atoms with Crippen LogP contribution in [0.15, 0.2) is 65.5 Å². The Hall–Kier alpha value is -2.62. The van der Waals surface area contributed by atoms with Gasteiger partial charge in [-0.05, 0) is 59.9 Å². The van der Waals surface area contributed by atoms with Gasteiger partial charge in [0.15, 0.2) is 0 Å². The highest BCUT2D eigenvalue weighted by atomic mass is 16.2. The van der Waals surface area contributed by atoms with Crippen LogP contribution in [0.25, 0.3) is 5.69 Å². The molecule has 3 aliphatic carbocycles. The van der Waals surface area contributed by atoms with Crippen molar-refractivity contribution in [2.24, 2.45) is 22.4 Å². The maximum atomic E-state index is 12.6. The zero-order chi connectivity index (χ0) is 17.4. The topological polar surface area (TPSA) is 46.4 Å². The predicted molar refractivity (Wildman–Crippen MR) is 99.8 cm³/mol. The van der Waals surface area contributed by atoms with Crippen molar-refractivity contribution in [3.63, 3.8) is 0 Å². The molecule has 1 saturated carbocycles. The third kappa shape index (κ3) is 2.72. The molecule has 2 bridgehead atoms. The van der Waals surface area contributed by atoms with Crippen molar-refractivity contribution in [1.82, 2.24) is 9.99 Å². The molecular weight excluding hydrogens is 310 g/mol. The van der Waals surface area contributed by atoms with E-state index in [1.54, 1.807) is 0 Å². The molecule has 25 heavy (non-hydrogen) atoms. The van der Waals surface area contributed by atoms with Crippen molar-refractivity contribution in [3.8, 4) is 5.69 Å². The Morgan fingerprint density at radius 3 is 2.72 bits per heavy atom. The smallest absolute Gasteiger partial charge is 0.273 e. The number of nitrogens with one attached hydrogen (secondary N) is 1. The van der Waals surface area contributed by atoms with Gasteiger partial charge >= 0.3 is 0 Å². The number of nitrogens with zero attached hydrogens (tertiary/aromatic N) is 2. The Labute approximate surface area is 148 Å². The zero-order valence-electron chi connectivity index (χ0n) is 14.6. The molecule has 3 aliphatic rings. The lowest BCUT2D eigenvalue weighted by Crippen LogP contribution is -2.48. The second-order valence-corrected chi connectivity index (χ2v) is 7.55. The van der Waals surface area contributed by atoms with E-state index in [0.717, 1.165) is 18.0 Å². The molecule has 5 rings (SSSR count). The number of carbonyl (C=O) groups excluding carboxylic acids is 1. The normalized spacial score (nSPS) is 23.8. The Morgan fingerprint density at radius 2 is 2.00 bits per heavy atom. The molecule has 0 unspecified atom stereocenters. The van der Waals surface area contributed by atoms with Crippen molar-refractivity contribution in [2.75, 3.05) is 0 Å². The number of rotatable bonds is 4. The minimum atomic E-state index is -0.192. The van der Waals surface area contributed by atoms with Gasteiger partial charge < -0.3 is 4.57 Å². The van der Waals surface area contributed by atoms with Gasteiger partial charge in [0.1, 0.15) is 0 Å². The first-order chi connectivity index (χ1) is 12.1. The SMILES string of the molecule is CC1(C)[C@H]2CC=C(/C=N/NC(=O)c3ccccc3-n3cccc3)[C@H]1C2. The first kappa shape index (κ1) is 15.9. The van der Waals surface area contributed by atoms with E-state index in [-0.39, 0.29) is 5.91 Å². The molecule has 2 atom stereocenters. The van der Waals surface area contributed by atoms with Crippen LogP contribution in [0.3, 0.4) is 0 Å². The van der Waals surface area contributed by atoms with Gasteiger partial charge in [-0.2, -0.15) is 5.10 Å². The van der Waals surface area contributed by atoms with Gasteiger partial charge in [0.2, 0.25) is 0 Å². The van der Waals surface area contributed by atoms with Crippen LogP contribution < -0.4 is 5.43 Å². The highest BCUT2D eigenvalue weighted by molar-refractivity contribution is 5.98. The van der Waals surface area contributed by atoms with Crippen LogP contribution in [0.5, 0.6) is 0 Å². The summed E-state index contributed by atoms with van der Waals surface area (Å²) in [4.78, 5) is 12.6. The van der Waals surface area contributed by atoms with Gasteiger partial charge in [-0.1, -0.05) is 32.1 Å². The molecule has 1 N–H and O–H groups in total. The van der Waals surface area contributed by atoms with Crippen LogP contribution in [-0.2, 0) is 0 Å². The number of allylic oxidation sites excluding steroid dienone is 2. The number of fused-ring (bicyclic) bond motifs is 1. The third-order valence-electron chi connectivity index (χ3n) is 5.92. The molecule has 128 valence electrons. The van der Waals surface area contributed by atoms with Gasteiger partial charge in [0, 0.05) is 12.4 Å². The molecule has 0 spiro atoms. The second-order valence-electron chi connectivity index (χ2n) is 7.55. The zero-order valence-corrected chi connectivity index (χ0v) is 14.6. The molecule has 4 heteroatoms. The first-order valence-corrected chi connectivity index (χ1v) is 8.83. The van der Waals surface area contributed by atoms with E-state index in [1.165, 1.54) is 12.0 Å². The molecule has 1 aromatic carbocycles. The minimum absolute atomic E-state index is 0.192. The lowest BCUT2D eigenvalue weighted by atomic mass is 9.49. The molecule has 1 aromatic heterocycles. The maximum absolute atomic E-state index is 12.6. The first-order valence-electron chi connectivity index (χ1n) is 8.83. The standard InChI is InChI=1S/C21H23N3O/c1-21(2)16-10-9-15(18(21)13-16)14-22-23-20(25)17-7-3-4-8-19(17)24-11-5-6-12-24/h3-9,11-12,14,16,18H,10,13H2,1-2H3,(H,23,25)/b22-14+/t16-,18+/m0/s1.